The van der Waals surface area contributed by atoms with Gasteiger partial charge in [-0.25, -0.2) is 17.6 Å². The molecule has 6 aromatic rings. The molecule has 10 heteroatoms. The van der Waals surface area contributed by atoms with Crippen LogP contribution in [0.1, 0.15) is 90.0 Å². The summed E-state index contributed by atoms with van der Waals surface area (Å²) >= 11 is 3.22. The number of hydrogen-bond acceptors (Lipinski definition) is 6. The highest BCUT2D eigenvalue weighted by Gasteiger charge is 2.44. The number of allylic oxidation sites excluding steroid dienone is 6. The summed E-state index contributed by atoms with van der Waals surface area (Å²) in [5, 5.41) is 1.33. The topological polar surface area (TPSA) is 68.3 Å². The number of benzene rings is 4. The molecule has 0 saturated carbocycles. The van der Waals surface area contributed by atoms with Gasteiger partial charge < -0.3 is 0 Å². The Bertz CT molecular complexity index is 2720. The van der Waals surface area contributed by atoms with Crippen LogP contribution >= 0.6 is 22.7 Å². The third-order valence-corrected chi connectivity index (χ3v) is 13.9. The summed E-state index contributed by atoms with van der Waals surface area (Å²) in [7, 11) is 0. The molecule has 264 valence electrons. The lowest BCUT2D eigenvalue weighted by atomic mass is 9.79. The molecule has 2 aromatic heterocycles. The molecule has 54 heavy (non-hydrogen) atoms. The SMILES string of the molecule is CC1(C)C(C=C2C(=O)c3cc4cc(F)c(F)cc4cc3C2=O)=Cc2sc3c4c(sc3c21)C=C(C=C1C(=O)c2cc3cc(F)c(F)cc3cc2C1=O)C4(C)C. The van der Waals surface area contributed by atoms with Crippen LogP contribution in [-0.2, 0) is 10.8 Å². The predicted octanol–water partition coefficient (Wildman–Crippen LogP) is 11.2. The smallest absolute Gasteiger partial charge is 0.197 e. The largest absolute Gasteiger partial charge is 0.288 e. The number of rotatable bonds is 2. The molecule has 0 aliphatic heterocycles. The lowest BCUT2D eigenvalue weighted by molar-refractivity contribution is 0.0973. The molecule has 0 bridgehead atoms. The highest BCUT2D eigenvalue weighted by Crippen LogP contribution is 2.58. The van der Waals surface area contributed by atoms with Crippen molar-refractivity contribution in [3.05, 3.63) is 149 Å². The molecule has 4 aliphatic rings. The van der Waals surface area contributed by atoms with E-state index in [0.717, 1.165) is 65.7 Å². The zero-order valence-electron chi connectivity index (χ0n) is 28.9. The molecule has 4 aromatic carbocycles. The van der Waals surface area contributed by atoms with Crippen molar-refractivity contribution in [3.63, 3.8) is 0 Å². The fourth-order valence-electron chi connectivity index (χ4n) is 8.43. The normalized spacial score (nSPS) is 17.9. The van der Waals surface area contributed by atoms with E-state index in [2.05, 4.69) is 0 Å². The van der Waals surface area contributed by atoms with Gasteiger partial charge in [0.15, 0.2) is 46.4 Å². The average Bonchev–Trinajstić information content (AvgIpc) is 3.87. The molecule has 10 rings (SSSR count). The van der Waals surface area contributed by atoms with Crippen molar-refractivity contribution in [2.24, 2.45) is 0 Å². The van der Waals surface area contributed by atoms with E-state index in [4.69, 9.17) is 0 Å². The minimum atomic E-state index is -1.03. The Morgan fingerprint density at radius 2 is 0.741 bits per heavy atom. The van der Waals surface area contributed by atoms with Crippen LogP contribution in [0.5, 0.6) is 0 Å². The summed E-state index contributed by atoms with van der Waals surface area (Å²) in [4.78, 5) is 56.3. The zero-order chi connectivity index (χ0) is 37.9. The highest BCUT2D eigenvalue weighted by atomic mass is 32.1. The van der Waals surface area contributed by atoms with Crippen molar-refractivity contribution in [1.82, 2.24) is 0 Å². The van der Waals surface area contributed by atoms with Gasteiger partial charge in [-0.2, -0.15) is 0 Å². The molecular formula is C44H24F4O4S2. The van der Waals surface area contributed by atoms with Crippen LogP contribution in [-0.4, -0.2) is 23.1 Å². The maximum absolute atomic E-state index is 14.0. The maximum atomic E-state index is 14.0. The number of ketones is 4. The minimum absolute atomic E-state index is 0.00739. The van der Waals surface area contributed by atoms with Gasteiger partial charge in [-0.05, 0) is 117 Å². The Labute approximate surface area is 312 Å². The van der Waals surface area contributed by atoms with Crippen molar-refractivity contribution in [2.45, 2.75) is 38.5 Å². The van der Waals surface area contributed by atoms with Gasteiger partial charge in [-0.3, -0.25) is 19.2 Å². The van der Waals surface area contributed by atoms with Gasteiger partial charge in [-0.1, -0.05) is 27.7 Å². The standard InChI is InChI=1S/C44H24F4O4S2/c1-43(2)21(13-27-37(49)23-5-17-9-29(45)30(46)10-18(17)6-24(23)38(27)50)15-33-35(43)41-42(53-33)36-34(54-41)16-22(44(36,3)4)14-28-39(51)25-7-19-11-31(47)32(48)12-20(19)8-26(25)40(28)52/h5-16H,1-4H3. The minimum Gasteiger partial charge on any atom is -0.288 e. The fourth-order valence-corrected chi connectivity index (χ4v) is 11.9. The first kappa shape index (κ1) is 33.0. The van der Waals surface area contributed by atoms with Crippen LogP contribution in [0, 0.1) is 23.3 Å². The van der Waals surface area contributed by atoms with E-state index < -0.39 is 57.2 Å². The van der Waals surface area contributed by atoms with Gasteiger partial charge in [0.25, 0.3) is 0 Å². The molecule has 0 spiro atoms. The first-order chi connectivity index (χ1) is 25.5. The molecule has 0 radical (unpaired) electrons. The lowest BCUT2D eigenvalue weighted by Crippen LogP contribution is -2.17. The molecule has 2 heterocycles. The van der Waals surface area contributed by atoms with Crippen LogP contribution in [0.25, 0.3) is 43.1 Å². The summed E-state index contributed by atoms with van der Waals surface area (Å²) < 4.78 is 58.0. The number of fused-ring (bicyclic) bond motifs is 9. The number of carbonyl (C=O) groups excluding carboxylic acids is 4. The van der Waals surface area contributed by atoms with Crippen molar-refractivity contribution in [2.75, 3.05) is 0 Å². The fraction of sp³-hybridized carbons (Fsp3) is 0.136. The maximum Gasteiger partial charge on any atom is 0.197 e. The molecule has 4 nitrogen and oxygen atoms in total. The molecule has 0 unspecified atom stereocenters. The molecule has 0 fully saturated rings. The van der Waals surface area contributed by atoms with Gasteiger partial charge in [0.2, 0.25) is 0 Å². The van der Waals surface area contributed by atoms with E-state index in [1.165, 1.54) is 24.3 Å². The van der Waals surface area contributed by atoms with Gasteiger partial charge in [0.05, 0.1) is 20.5 Å². The van der Waals surface area contributed by atoms with Gasteiger partial charge >= 0.3 is 0 Å². The summed E-state index contributed by atoms with van der Waals surface area (Å²) in [5.41, 5.74) is 3.27. The average molecular weight is 757 g/mol. The quantitative estimate of drug-likeness (QED) is 0.100. The third kappa shape index (κ3) is 4.23. The molecule has 0 atom stereocenters. The lowest BCUT2D eigenvalue weighted by Gasteiger charge is -2.23. The Morgan fingerprint density at radius 3 is 1.02 bits per heavy atom. The summed E-state index contributed by atoms with van der Waals surface area (Å²) in [6.07, 6.45) is 7.30. The van der Waals surface area contributed by atoms with E-state index in [-0.39, 0.29) is 33.4 Å². The number of carbonyl (C=O) groups is 4. The van der Waals surface area contributed by atoms with Gasteiger partial charge in [0, 0.05) is 42.8 Å². The van der Waals surface area contributed by atoms with Crippen molar-refractivity contribution >= 4 is 88.9 Å². The van der Waals surface area contributed by atoms with E-state index in [1.54, 1.807) is 34.8 Å². The third-order valence-electron chi connectivity index (χ3n) is 11.4. The second kappa shape index (κ2) is 10.5. The van der Waals surface area contributed by atoms with E-state index >= 15 is 0 Å². The first-order valence-corrected chi connectivity index (χ1v) is 18.7. The van der Waals surface area contributed by atoms with Crippen molar-refractivity contribution in [3.8, 4) is 0 Å². The summed E-state index contributed by atoms with van der Waals surface area (Å²) in [6.45, 7) is 8.20. The van der Waals surface area contributed by atoms with Gasteiger partial charge in [-0.15, -0.1) is 22.7 Å². The molecule has 4 aliphatic carbocycles. The van der Waals surface area contributed by atoms with E-state index in [0.29, 0.717) is 21.5 Å². The summed E-state index contributed by atoms with van der Waals surface area (Å²) in [6, 6.07) is 9.86. The first-order valence-electron chi connectivity index (χ1n) is 17.1. The molecule has 0 N–H and O–H groups in total. The zero-order valence-corrected chi connectivity index (χ0v) is 30.5. The number of thiophene rings is 2. The van der Waals surface area contributed by atoms with Crippen LogP contribution in [0.4, 0.5) is 17.6 Å². The van der Waals surface area contributed by atoms with Crippen LogP contribution in [0.3, 0.4) is 0 Å². The highest BCUT2D eigenvalue weighted by molar-refractivity contribution is 7.29. The van der Waals surface area contributed by atoms with Crippen molar-refractivity contribution < 1.29 is 36.7 Å². The van der Waals surface area contributed by atoms with Crippen LogP contribution < -0.4 is 0 Å². The Morgan fingerprint density at radius 1 is 0.463 bits per heavy atom. The predicted molar refractivity (Wildman–Crippen MR) is 203 cm³/mol. The van der Waals surface area contributed by atoms with Crippen LogP contribution in [0.15, 0.2) is 83.0 Å². The van der Waals surface area contributed by atoms with Gasteiger partial charge in [0.1, 0.15) is 0 Å². The molecule has 0 saturated heterocycles. The second-order valence-corrected chi connectivity index (χ2v) is 17.3. The monoisotopic (exact) mass is 756 g/mol. The second-order valence-electron chi connectivity index (χ2n) is 15.2. The molecular weight excluding hydrogens is 733 g/mol. The summed E-state index contributed by atoms with van der Waals surface area (Å²) in [5.74, 6) is -5.96. The molecule has 0 amide bonds. The number of hydrogen-bond donors (Lipinski definition) is 0. The Balaban J connectivity index is 0.996. The Hall–Kier alpha value is -5.58. The van der Waals surface area contributed by atoms with Crippen LogP contribution in [0.2, 0.25) is 0 Å². The number of Topliss-reactive ketones (excluding diaryl/α,β-unsaturated/α-hetero) is 4. The van der Waals surface area contributed by atoms with E-state index in [9.17, 15) is 36.7 Å². The van der Waals surface area contributed by atoms with Crippen molar-refractivity contribution in [1.29, 1.82) is 0 Å². The Kier molecular flexibility index (Phi) is 6.45. The number of halogens is 4. The van der Waals surface area contributed by atoms with E-state index in [1.807, 2.05) is 39.8 Å².